The number of carbonyl (C=O) groups is 1. The van der Waals surface area contributed by atoms with Crippen LogP contribution in [0.5, 0.6) is 0 Å². The molecule has 3 nitrogen and oxygen atoms in total. The molecule has 0 saturated heterocycles. The number of rotatable bonds is 7. The van der Waals surface area contributed by atoms with Crippen molar-refractivity contribution < 1.29 is 22.7 Å². The van der Waals surface area contributed by atoms with E-state index in [0.29, 0.717) is 32.6 Å². The molecule has 2 aromatic carbocycles. The number of carbonyl (C=O) groups excluding carboxylic acids is 1. The summed E-state index contributed by atoms with van der Waals surface area (Å²) in [6, 6.07) is 17.6. The van der Waals surface area contributed by atoms with Gasteiger partial charge in [-0.3, -0.25) is 4.79 Å². The largest absolute Gasteiger partial charge is 0.391 e. The van der Waals surface area contributed by atoms with Crippen molar-refractivity contribution in [2.75, 3.05) is 0 Å². The zero-order valence-corrected chi connectivity index (χ0v) is 16.3. The minimum atomic E-state index is -4.22. The fourth-order valence-corrected chi connectivity index (χ4v) is 3.75. The van der Waals surface area contributed by atoms with E-state index in [4.69, 9.17) is 4.74 Å². The highest BCUT2D eigenvalue weighted by molar-refractivity contribution is 5.78. The van der Waals surface area contributed by atoms with Crippen LogP contribution in [-0.2, 0) is 29.3 Å². The maximum absolute atomic E-state index is 12.9. The Morgan fingerprint density at radius 3 is 2.41 bits per heavy atom. The zero-order valence-electron chi connectivity index (χ0n) is 16.3. The van der Waals surface area contributed by atoms with Gasteiger partial charge in [-0.25, -0.2) is 0 Å². The summed E-state index contributed by atoms with van der Waals surface area (Å²) in [7, 11) is 0. The first-order valence-corrected chi connectivity index (χ1v) is 9.96. The molecule has 0 aliphatic heterocycles. The van der Waals surface area contributed by atoms with Crippen molar-refractivity contribution in [2.24, 2.45) is 11.8 Å². The second kappa shape index (κ2) is 9.92. The molecule has 29 heavy (non-hydrogen) atoms. The Balaban J connectivity index is 1.46. The quantitative estimate of drug-likeness (QED) is 0.671. The highest BCUT2D eigenvalue weighted by Gasteiger charge is 2.43. The summed E-state index contributed by atoms with van der Waals surface area (Å²) in [6.07, 6.45) is -3.24. The molecule has 6 heteroatoms. The number of alkyl halides is 3. The van der Waals surface area contributed by atoms with Crippen molar-refractivity contribution >= 4 is 5.91 Å². The van der Waals surface area contributed by atoms with Gasteiger partial charge in [-0.1, -0.05) is 61.0 Å². The third-order valence-corrected chi connectivity index (χ3v) is 5.35. The lowest BCUT2D eigenvalue weighted by atomic mass is 9.80. The Morgan fingerprint density at radius 2 is 1.66 bits per heavy atom. The van der Waals surface area contributed by atoms with Crippen LogP contribution in [0, 0.1) is 11.8 Å². The predicted molar refractivity (Wildman–Crippen MR) is 105 cm³/mol. The zero-order chi connectivity index (χ0) is 20.7. The molecule has 1 N–H and O–H groups in total. The van der Waals surface area contributed by atoms with E-state index >= 15 is 0 Å². The molecule has 1 aliphatic rings. The lowest BCUT2D eigenvalue weighted by Crippen LogP contribution is -2.37. The second-order valence-electron chi connectivity index (χ2n) is 7.62. The van der Waals surface area contributed by atoms with Gasteiger partial charge in [0, 0.05) is 12.5 Å². The van der Waals surface area contributed by atoms with Crippen molar-refractivity contribution in [3.05, 3.63) is 71.3 Å². The van der Waals surface area contributed by atoms with Gasteiger partial charge in [0.05, 0.1) is 19.1 Å². The van der Waals surface area contributed by atoms with E-state index in [0.717, 1.165) is 16.7 Å². The Kier molecular flexibility index (Phi) is 7.31. The molecular weight excluding hydrogens is 379 g/mol. The SMILES string of the molecule is O=C(NCc1cccc(COCc2ccccc2)c1)[C@H]1CCC[C@H](C(F)(F)F)C1. The topological polar surface area (TPSA) is 38.3 Å². The van der Waals surface area contributed by atoms with Gasteiger partial charge < -0.3 is 10.1 Å². The molecular formula is C23H26F3NO2. The molecule has 3 rings (SSSR count). The van der Waals surface area contributed by atoms with E-state index in [-0.39, 0.29) is 18.7 Å². The van der Waals surface area contributed by atoms with Crippen LogP contribution in [0.15, 0.2) is 54.6 Å². The summed E-state index contributed by atoms with van der Waals surface area (Å²) in [5.74, 6) is -2.21. The second-order valence-corrected chi connectivity index (χ2v) is 7.62. The first kappa shape index (κ1) is 21.4. The predicted octanol–water partition coefficient (Wildman–Crippen LogP) is 5.39. The molecule has 1 saturated carbocycles. The number of hydrogen-bond acceptors (Lipinski definition) is 2. The van der Waals surface area contributed by atoms with Gasteiger partial charge in [-0.15, -0.1) is 0 Å². The molecule has 2 aromatic rings. The molecule has 0 bridgehead atoms. The minimum absolute atomic E-state index is 0.108. The number of nitrogens with one attached hydrogen (secondary N) is 1. The maximum atomic E-state index is 12.9. The maximum Gasteiger partial charge on any atom is 0.391 e. The van der Waals surface area contributed by atoms with Crippen molar-refractivity contribution in [3.63, 3.8) is 0 Å². The number of ether oxygens (including phenoxy) is 1. The van der Waals surface area contributed by atoms with Crippen molar-refractivity contribution in [1.82, 2.24) is 5.32 Å². The van der Waals surface area contributed by atoms with Gasteiger partial charge >= 0.3 is 6.18 Å². The Bertz CT molecular complexity index is 792. The average Bonchev–Trinajstić information content (AvgIpc) is 2.73. The van der Waals surface area contributed by atoms with Crippen LogP contribution in [0.2, 0.25) is 0 Å². The third kappa shape index (κ3) is 6.60. The van der Waals surface area contributed by atoms with Crippen LogP contribution >= 0.6 is 0 Å². The lowest BCUT2D eigenvalue weighted by Gasteiger charge is -2.29. The van der Waals surface area contributed by atoms with Crippen molar-refractivity contribution in [3.8, 4) is 0 Å². The first-order valence-electron chi connectivity index (χ1n) is 9.96. The first-order chi connectivity index (χ1) is 13.9. The highest BCUT2D eigenvalue weighted by atomic mass is 19.4. The van der Waals surface area contributed by atoms with Crippen LogP contribution in [0.3, 0.4) is 0 Å². The Morgan fingerprint density at radius 1 is 0.966 bits per heavy atom. The number of benzene rings is 2. The fourth-order valence-electron chi connectivity index (χ4n) is 3.75. The molecule has 0 radical (unpaired) electrons. The third-order valence-electron chi connectivity index (χ3n) is 5.35. The van der Waals surface area contributed by atoms with E-state index in [1.165, 1.54) is 0 Å². The van der Waals surface area contributed by atoms with E-state index in [1.807, 2.05) is 54.6 Å². The Hall–Kier alpha value is -2.34. The number of halogens is 3. The highest BCUT2D eigenvalue weighted by Crippen LogP contribution is 2.39. The summed E-state index contributed by atoms with van der Waals surface area (Å²) in [4.78, 5) is 12.4. The van der Waals surface area contributed by atoms with Gasteiger partial charge in [-0.05, 0) is 36.0 Å². The van der Waals surface area contributed by atoms with Crippen LogP contribution in [0.4, 0.5) is 13.2 Å². The van der Waals surface area contributed by atoms with Crippen LogP contribution in [-0.4, -0.2) is 12.1 Å². The van der Waals surface area contributed by atoms with Gasteiger partial charge in [0.2, 0.25) is 5.91 Å². The normalized spacial score (nSPS) is 19.7. The van der Waals surface area contributed by atoms with Crippen molar-refractivity contribution in [1.29, 1.82) is 0 Å². The van der Waals surface area contributed by atoms with Crippen LogP contribution in [0.1, 0.15) is 42.4 Å². The molecule has 2 atom stereocenters. The monoisotopic (exact) mass is 405 g/mol. The molecule has 156 valence electrons. The van der Waals surface area contributed by atoms with Gasteiger partial charge in [-0.2, -0.15) is 13.2 Å². The number of hydrogen-bond donors (Lipinski definition) is 1. The summed E-state index contributed by atoms with van der Waals surface area (Å²) in [5, 5.41) is 2.80. The van der Waals surface area contributed by atoms with E-state index < -0.39 is 18.0 Å². The minimum Gasteiger partial charge on any atom is -0.372 e. The fraction of sp³-hybridized carbons (Fsp3) is 0.435. The smallest absolute Gasteiger partial charge is 0.372 e. The lowest BCUT2D eigenvalue weighted by molar-refractivity contribution is -0.186. The average molecular weight is 405 g/mol. The van der Waals surface area contributed by atoms with Crippen molar-refractivity contribution in [2.45, 2.75) is 51.6 Å². The molecule has 0 aromatic heterocycles. The van der Waals surface area contributed by atoms with Gasteiger partial charge in [0.25, 0.3) is 0 Å². The number of amides is 1. The van der Waals surface area contributed by atoms with E-state index in [2.05, 4.69) is 5.32 Å². The van der Waals surface area contributed by atoms with E-state index in [1.54, 1.807) is 0 Å². The molecule has 1 aliphatic carbocycles. The van der Waals surface area contributed by atoms with E-state index in [9.17, 15) is 18.0 Å². The van der Waals surface area contributed by atoms with Crippen LogP contribution in [0.25, 0.3) is 0 Å². The van der Waals surface area contributed by atoms with Gasteiger partial charge in [0.15, 0.2) is 0 Å². The standard InChI is InChI=1S/C23H26F3NO2/c24-23(25,26)21-11-5-10-20(13-21)22(28)27-14-18-8-4-9-19(12-18)16-29-15-17-6-2-1-3-7-17/h1-4,6-9,12,20-21H,5,10-11,13-16H2,(H,27,28)/t20-,21-/m0/s1. The summed E-state index contributed by atoms with van der Waals surface area (Å²) >= 11 is 0. The molecule has 1 fully saturated rings. The Labute approximate surface area is 169 Å². The molecule has 0 heterocycles. The summed E-state index contributed by atoms with van der Waals surface area (Å²) < 4.78 is 44.6. The molecule has 0 spiro atoms. The molecule has 0 unspecified atom stereocenters. The molecule has 1 amide bonds. The van der Waals surface area contributed by atoms with Gasteiger partial charge in [0.1, 0.15) is 0 Å². The summed E-state index contributed by atoms with van der Waals surface area (Å²) in [6.45, 7) is 1.27. The van der Waals surface area contributed by atoms with Crippen LogP contribution < -0.4 is 5.32 Å². The summed E-state index contributed by atoms with van der Waals surface area (Å²) in [5.41, 5.74) is 2.99.